The van der Waals surface area contributed by atoms with Crippen LogP contribution in [0.3, 0.4) is 0 Å². The first-order chi connectivity index (χ1) is 16.2. The number of nitrogens with one attached hydrogen (secondary N) is 2. The maximum Gasteiger partial charge on any atom is 0.324 e. The topological polar surface area (TPSA) is 114 Å². The van der Waals surface area contributed by atoms with E-state index in [1.807, 2.05) is 19.1 Å². The van der Waals surface area contributed by atoms with Gasteiger partial charge in [0.05, 0.1) is 15.5 Å². The zero-order valence-corrected chi connectivity index (χ0v) is 18.9. The SMILES string of the molecule is Cc1ccc(-c2nc(NC(=O)c3ccc([N+](=O)[O-])s3)sc2C(=O)Nc2cc(F)cc(F)c2)cc1. The van der Waals surface area contributed by atoms with Gasteiger partial charge in [-0.05, 0) is 25.1 Å². The van der Waals surface area contributed by atoms with E-state index in [2.05, 4.69) is 15.6 Å². The third-order valence-corrected chi connectivity index (χ3v) is 6.50. The summed E-state index contributed by atoms with van der Waals surface area (Å²) in [5, 5.41) is 15.7. The van der Waals surface area contributed by atoms with Gasteiger partial charge in [-0.2, -0.15) is 0 Å². The number of amides is 2. The van der Waals surface area contributed by atoms with Crippen molar-refractivity contribution in [1.29, 1.82) is 0 Å². The molecule has 12 heteroatoms. The Morgan fingerprint density at radius 1 is 0.941 bits per heavy atom. The fourth-order valence-electron chi connectivity index (χ4n) is 2.95. The van der Waals surface area contributed by atoms with Crippen molar-refractivity contribution in [1.82, 2.24) is 4.98 Å². The zero-order valence-electron chi connectivity index (χ0n) is 17.3. The molecule has 4 rings (SSSR count). The molecule has 0 saturated carbocycles. The normalized spacial score (nSPS) is 10.7. The van der Waals surface area contributed by atoms with Crippen molar-refractivity contribution in [2.24, 2.45) is 0 Å². The van der Waals surface area contributed by atoms with Gasteiger partial charge in [0.25, 0.3) is 11.8 Å². The highest BCUT2D eigenvalue weighted by Gasteiger charge is 2.23. The minimum absolute atomic E-state index is 0.0761. The van der Waals surface area contributed by atoms with Crippen LogP contribution in [-0.4, -0.2) is 21.7 Å². The van der Waals surface area contributed by atoms with Crippen molar-refractivity contribution in [3.8, 4) is 11.3 Å². The Bertz CT molecular complexity index is 1400. The number of nitro groups is 1. The Morgan fingerprint density at radius 3 is 2.24 bits per heavy atom. The van der Waals surface area contributed by atoms with Crippen molar-refractivity contribution in [3.63, 3.8) is 0 Å². The average molecular weight is 501 g/mol. The number of aryl methyl sites for hydroxylation is 1. The van der Waals surface area contributed by atoms with Crippen LogP contribution in [0.1, 0.15) is 24.9 Å². The molecule has 0 saturated heterocycles. The van der Waals surface area contributed by atoms with Gasteiger partial charge >= 0.3 is 5.00 Å². The van der Waals surface area contributed by atoms with Gasteiger partial charge in [0.2, 0.25) is 0 Å². The summed E-state index contributed by atoms with van der Waals surface area (Å²) in [5.41, 5.74) is 1.74. The third kappa shape index (κ3) is 5.13. The molecule has 34 heavy (non-hydrogen) atoms. The summed E-state index contributed by atoms with van der Waals surface area (Å²) < 4.78 is 27.1. The van der Waals surface area contributed by atoms with Crippen LogP contribution in [0.2, 0.25) is 0 Å². The summed E-state index contributed by atoms with van der Waals surface area (Å²) in [5.74, 6) is -3.00. The molecule has 0 aliphatic heterocycles. The van der Waals surface area contributed by atoms with Crippen LogP contribution in [0.15, 0.2) is 54.6 Å². The highest BCUT2D eigenvalue weighted by Crippen LogP contribution is 2.33. The molecule has 0 atom stereocenters. The Labute approximate surface area is 199 Å². The van der Waals surface area contributed by atoms with Crippen LogP contribution >= 0.6 is 22.7 Å². The molecule has 0 bridgehead atoms. The van der Waals surface area contributed by atoms with E-state index in [0.717, 1.165) is 29.0 Å². The number of nitrogens with zero attached hydrogens (tertiary/aromatic N) is 2. The van der Waals surface area contributed by atoms with Gasteiger partial charge in [-0.1, -0.05) is 52.5 Å². The van der Waals surface area contributed by atoms with Crippen LogP contribution in [-0.2, 0) is 0 Å². The molecule has 0 unspecified atom stereocenters. The lowest BCUT2D eigenvalue weighted by atomic mass is 10.1. The van der Waals surface area contributed by atoms with Crippen LogP contribution in [0, 0.1) is 28.7 Å². The Morgan fingerprint density at radius 2 is 1.62 bits per heavy atom. The number of anilines is 2. The Kier molecular flexibility index (Phi) is 6.43. The molecule has 4 aromatic rings. The lowest BCUT2D eigenvalue weighted by Crippen LogP contribution is -2.12. The lowest BCUT2D eigenvalue weighted by molar-refractivity contribution is -0.380. The van der Waals surface area contributed by atoms with Crippen LogP contribution in [0.25, 0.3) is 11.3 Å². The number of hydrogen-bond acceptors (Lipinski definition) is 7. The molecule has 2 amide bonds. The fourth-order valence-corrected chi connectivity index (χ4v) is 4.55. The number of hydrogen-bond donors (Lipinski definition) is 2. The molecule has 0 fully saturated rings. The molecule has 2 N–H and O–H groups in total. The number of carbonyl (C=O) groups excluding carboxylic acids is 2. The second-order valence-electron chi connectivity index (χ2n) is 7.02. The fraction of sp³-hybridized carbons (Fsp3) is 0.0455. The highest BCUT2D eigenvalue weighted by molar-refractivity contribution is 7.19. The molecule has 172 valence electrons. The first-order valence-corrected chi connectivity index (χ1v) is 11.2. The summed E-state index contributed by atoms with van der Waals surface area (Å²) in [6.07, 6.45) is 0. The second kappa shape index (κ2) is 9.45. The molecular formula is C22H14F2N4O4S2. The predicted molar refractivity (Wildman–Crippen MR) is 126 cm³/mol. The number of thiophene rings is 1. The summed E-state index contributed by atoms with van der Waals surface area (Å²) in [7, 11) is 0. The number of aromatic nitrogens is 1. The molecule has 0 spiro atoms. The number of thiazole rings is 1. The lowest BCUT2D eigenvalue weighted by Gasteiger charge is -2.06. The number of carbonyl (C=O) groups is 2. The average Bonchev–Trinajstić information content (AvgIpc) is 3.41. The molecule has 2 heterocycles. The third-order valence-electron chi connectivity index (χ3n) is 4.49. The van der Waals surface area contributed by atoms with E-state index in [0.29, 0.717) is 23.0 Å². The molecule has 8 nitrogen and oxygen atoms in total. The smallest absolute Gasteiger partial charge is 0.321 e. The van der Waals surface area contributed by atoms with Crippen LogP contribution in [0.5, 0.6) is 0 Å². The molecule has 2 aromatic carbocycles. The Balaban J connectivity index is 1.66. The summed E-state index contributed by atoms with van der Waals surface area (Å²) in [6.45, 7) is 1.89. The van der Waals surface area contributed by atoms with E-state index >= 15 is 0 Å². The predicted octanol–water partition coefficient (Wildman–Crippen LogP) is 5.87. The largest absolute Gasteiger partial charge is 0.324 e. The first kappa shape index (κ1) is 23.1. The van der Waals surface area contributed by atoms with E-state index in [9.17, 15) is 28.5 Å². The van der Waals surface area contributed by atoms with E-state index in [4.69, 9.17) is 0 Å². The van der Waals surface area contributed by atoms with E-state index in [-0.39, 0.29) is 31.3 Å². The molecule has 2 aromatic heterocycles. The van der Waals surface area contributed by atoms with Crippen LogP contribution < -0.4 is 10.6 Å². The van der Waals surface area contributed by atoms with Gasteiger partial charge in [-0.15, -0.1) is 0 Å². The number of benzene rings is 2. The van der Waals surface area contributed by atoms with Gasteiger partial charge in [0.15, 0.2) is 5.13 Å². The van der Waals surface area contributed by atoms with Crippen LogP contribution in [0.4, 0.5) is 24.6 Å². The monoisotopic (exact) mass is 500 g/mol. The number of halogens is 2. The molecule has 0 aliphatic carbocycles. The second-order valence-corrected chi connectivity index (χ2v) is 9.09. The molecule has 0 radical (unpaired) electrons. The van der Waals surface area contributed by atoms with Crippen molar-refractivity contribution < 1.29 is 23.3 Å². The number of rotatable bonds is 6. The van der Waals surface area contributed by atoms with E-state index in [1.54, 1.807) is 12.1 Å². The summed E-state index contributed by atoms with van der Waals surface area (Å²) >= 11 is 1.56. The van der Waals surface area contributed by atoms with Gasteiger partial charge < -0.3 is 5.32 Å². The molecular weight excluding hydrogens is 486 g/mol. The van der Waals surface area contributed by atoms with Crippen molar-refractivity contribution in [2.75, 3.05) is 10.6 Å². The quantitative estimate of drug-likeness (QED) is 0.254. The standard InChI is InChI=1S/C22H14F2N4O4S2/c1-11-2-4-12(5-3-11)18-19(21(30)25-15-9-13(23)8-14(24)10-15)34-22(26-18)27-20(29)16-6-7-17(33-16)28(31)32/h2-10H,1H3,(H,25,30)(H,26,27,29). The van der Waals surface area contributed by atoms with Gasteiger partial charge in [-0.3, -0.25) is 25.0 Å². The first-order valence-electron chi connectivity index (χ1n) is 9.60. The minimum Gasteiger partial charge on any atom is -0.321 e. The highest BCUT2D eigenvalue weighted by atomic mass is 32.1. The summed E-state index contributed by atoms with van der Waals surface area (Å²) in [6, 6.07) is 12.3. The maximum absolute atomic E-state index is 13.5. The van der Waals surface area contributed by atoms with Gasteiger partial charge in [0, 0.05) is 23.4 Å². The summed E-state index contributed by atoms with van der Waals surface area (Å²) in [4.78, 5) is 40.4. The van der Waals surface area contributed by atoms with Gasteiger partial charge in [0.1, 0.15) is 16.5 Å². The van der Waals surface area contributed by atoms with Crippen molar-refractivity contribution >= 4 is 50.3 Å². The van der Waals surface area contributed by atoms with Crippen molar-refractivity contribution in [2.45, 2.75) is 6.92 Å². The minimum atomic E-state index is -0.851. The zero-order chi connectivity index (χ0) is 24.4. The van der Waals surface area contributed by atoms with Gasteiger partial charge in [-0.25, -0.2) is 13.8 Å². The Hall–Kier alpha value is -4.03. The van der Waals surface area contributed by atoms with E-state index in [1.165, 1.54) is 12.1 Å². The van der Waals surface area contributed by atoms with Crippen molar-refractivity contribution in [3.05, 3.63) is 91.7 Å². The molecule has 0 aliphatic rings. The maximum atomic E-state index is 13.5. The van der Waals surface area contributed by atoms with E-state index < -0.39 is 28.4 Å².